The summed E-state index contributed by atoms with van der Waals surface area (Å²) in [4.78, 5) is 31.2. The fourth-order valence-corrected chi connectivity index (χ4v) is 5.23. The standard InChI is InChI=1S/C12H18N2O6/c1-8(19-13(15)16)11-3-9-2-10(4-11)6-12(5-9,7-11)20-14(17)18/h8-10H,2-7H2,1H3/t8-,9-,10-,11?,12?/m0/s1. The number of hydrogen-bond donors (Lipinski definition) is 0. The molecule has 20 heavy (non-hydrogen) atoms. The topological polar surface area (TPSA) is 105 Å². The fraction of sp³-hybridized carbons (Fsp3) is 1.00. The van der Waals surface area contributed by atoms with Crippen LogP contribution in [0.5, 0.6) is 0 Å². The van der Waals surface area contributed by atoms with E-state index in [1.54, 1.807) is 6.92 Å². The second kappa shape index (κ2) is 4.20. The minimum absolute atomic E-state index is 0.354. The SMILES string of the molecule is C[C@H](O[N+](=O)[O-])C12C[C@@H]3C[C@H](CC(O[N+](=O)[O-])(C3)C1)C2. The highest BCUT2D eigenvalue weighted by molar-refractivity contribution is 5.10. The molecule has 4 saturated carbocycles. The van der Waals surface area contributed by atoms with E-state index in [0.717, 1.165) is 19.3 Å². The van der Waals surface area contributed by atoms with Crippen LogP contribution in [0.4, 0.5) is 0 Å². The fourth-order valence-electron chi connectivity index (χ4n) is 5.23. The Hall–Kier alpha value is -1.60. The molecule has 0 amide bonds. The first kappa shape index (κ1) is 13.4. The van der Waals surface area contributed by atoms with Gasteiger partial charge in [0.1, 0.15) is 11.7 Å². The molecule has 0 spiro atoms. The zero-order valence-electron chi connectivity index (χ0n) is 11.3. The van der Waals surface area contributed by atoms with E-state index in [4.69, 9.17) is 9.68 Å². The summed E-state index contributed by atoms with van der Waals surface area (Å²) in [5.41, 5.74) is -1.10. The van der Waals surface area contributed by atoms with E-state index in [1.807, 2.05) is 0 Å². The lowest BCUT2D eigenvalue weighted by atomic mass is 9.46. The van der Waals surface area contributed by atoms with Crippen LogP contribution in [-0.4, -0.2) is 21.9 Å². The molecule has 3 atom stereocenters. The second-order valence-corrected chi connectivity index (χ2v) is 6.79. The molecule has 4 aliphatic carbocycles. The lowest BCUT2D eigenvalue weighted by Crippen LogP contribution is -2.60. The molecule has 0 radical (unpaired) electrons. The average molecular weight is 286 g/mol. The Labute approximate surface area is 115 Å². The molecule has 112 valence electrons. The van der Waals surface area contributed by atoms with Crippen LogP contribution in [-0.2, 0) is 9.68 Å². The van der Waals surface area contributed by atoms with Gasteiger partial charge in [0.15, 0.2) is 0 Å². The predicted octanol–water partition coefficient (Wildman–Crippen LogP) is 2.13. The van der Waals surface area contributed by atoms with E-state index in [-0.39, 0.29) is 5.41 Å². The minimum Gasteiger partial charge on any atom is -0.310 e. The highest BCUT2D eigenvalue weighted by Crippen LogP contribution is 2.64. The Kier molecular flexibility index (Phi) is 2.81. The van der Waals surface area contributed by atoms with Crippen molar-refractivity contribution >= 4 is 0 Å². The summed E-state index contributed by atoms with van der Waals surface area (Å²) in [6.45, 7) is 1.70. The predicted molar refractivity (Wildman–Crippen MR) is 65.5 cm³/mol. The van der Waals surface area contributed by atoms with Gasteiger partial charge in [-0.2, -0.15) is 0 Å². The maximum absolute atomic E-state index is 10.8. The Bertz CT molecular complexity index is 439. The zero-order chi connectivity index (χ0) is 14.5. The van der Waals surface area contributed by atoms with E-state index in [9.17, 15) is 20.2 Å². The van der Waals surface area contributed by atoms with Gasteiger partial charge in [-0.05, 0) is 62.7 Å². The van der Waals surface area contributed by atoms with Crippen molar-refractivity contribution in [2.24, 2.45) is 17.3 Å². The molecule has 4 bridgehead atoms. The smallest absolute Gasteiger partial charge is 0.295 e. The molecule has 8 nitrogen and oxygen atoms in total. The molecule has 0 aromatic carbocycles. The van der Waals surface area contributed by atoms with Gasteiger partial charge in [-0.25, -0.2) is 0 Å². The minimum atomic E-state index is -0.760. The summed E-state index contributed by atoms with van der Waals surface area (Å²) in [7, 11) is 0. The summed E-state index contributed by atoms with van der Waals surface area (Å²) in [6.07, 6.45) is 4.08. The van der Waals surface area contributed by atoms with E-state index in [2.05, 4.69) is 0 Å². The van der Waals surface area contributed by atoms with Crippen molar-refractivity contribution in [2.45, 2.75) is 57.2 Å². The quantitative estimate of drug-likeness (QED) is 0.566. The van der Waals surface area contributed by atoms with Crippen LogP contribution in [0, 0.1) is 37.5 Å². The molecule has 0 aliphatic heterocycles. The first-order valence-corrected chi connectivity index (χ1v) is 6.97. The molecular formula is C12H18N2O6. The molecular weight excluding hydrogens is 268 g/mol. The molecule has 8 heteroatoms. The lowest BCUT2D eigenvalue weighted by Gasteiger charge is -2.61. The summed E-state index contributed by atoms with van der Waals surface area (Å²) in [5.74, 6) is 0.711. The monoisotopic (exact) mass is 286 g/mol. The molecule has 0 aromatic rings. The molecule has 0 unspecified atom stereocenters. The van der Waals surface area contributed by atoms with Gasteiger partial charge in [0, 0.05) is 0 Å². The Morgan fingerprint density at radius 2 is 1.70 bits per heavy atom. The van der Waals surface area contributed by atoms with Gasteiger partial charge in [0.25, 0.3) is 10.2 Å². The van der Waals surface area contributed by atoms with Gasteiger partial charge in [-0.3, -0.25) is 0 Å². The third-order valence-electron chi connectivity index (χ3n) is 5.43. The van der Waals surface area contributed by atoms with Crippen molar-refractivity contribution in [3.05, 3.63) is 20.2 Å². The Balaban J connectivity index is 1.86. The molecule has 0 saturated heterocycles. The molecule has 4 rings (SSSR count). The summed E-state index contributed by atoms with van der Waals surface area (Å²) in [6, 6.07) is 0. The maximum Gasteiger partial charge on any atom is 0.295 e. The summed E-state index contributed by atoms with van der Waals surface area (Å²) in [5, 5.41) is 19.9. The number of hydrogen-bond acceptors (Lipinski definition) is 6. The molecule has 0 aromatic heterocycles. The second-order valence-electron chi connectivity index (χ2n) is 6.79. The van der Waals surface area contributed by atoms with Gasteiger partial charge in [-0.15, -0.1) is 20.2 Å². The Morgan fingerprint density at radius 1 is 1.10 bits per heavy atom. The van der Waals surface area contributed by atoms with Crippen LogP contribution < -0.4 is 0 Å². The lowest BCUT2D eigenvalue weighted by molar-refractivity contribution is -0.789. The number of rotatable bonds is 5. The van der Waals surface area contributed by atoms with E-state index in [1.165, 1.54) is 0 Å². The zero-order valence-corrected chi connectivity index (χ0v) is 11.3. The van der Waals surface area contributed by atoms with Crippen LogP contribution in [0.2, 0.25) is 0 Å². The van der Waals surface area contributed by atoms with E-state index >= 15 is 0 Å². The van der Waals surface area contributed by atoms with Crippen molar-refractivity contribution in [2.75, 3.05) is 0 Å². The first-order valence-electron chi connectivity index (χ1n) is 6.97. The maximum atomic E-state index is 10.8. The molecule has 0 N–H and O–H groups in total. The Morgan fingerprint density at radius 3 is 2.20 bits per heavy atom. The third kappa shape index (κ3) is 2.06. The molecule has 0 heterocycles. The van der Waals surface area contributed by atoms with Crippen molar-refractivity contribution < 1.29 is 19.8 Å². The van der Waals surface area contributed by atoms with Crippen LogP contribution in [0.15, 0.2) is 0 Å². The normalized spacial score (nSPS) is 43.0. The van der Waals surface area contributed by atoms with Crippen molar-refractivity contribution in [1.29, 1.82) is 0 Å². The number of nitrogens with zero attached hydrogens (tertiary/aromatic N) is 2. The highest BCUT2D eigenvalue weighted by atomic mass is 17.0. The van der Waals surface area contributed by atoms with Gasteiger partial charge in [0.05, 0.1) is 0 Å². The van der Waals surface area contributed by atoms with Crippen LogP contribution >= 0.6 is 0 Å². The summed E-state index contributed by atoms with van der Waals surface area (Å²) < 4.78 is 0. The van der Waals surface area contributed by atoms with Crippen LogP contribution in [0.25, 0.3) is 0 Å². The molecule has 4 aliphatic rings. The van der Waals surface area contributed by atoms with Crippen molar-refractivity contribution in [3.8, 4) is 0 Å². The van der Waals surface area contributed by atoms with Gasteiger partial charge in [0.2, 0.25) is 0 Å². The van der Waals surface area contributed by atoms with E-state index in [0.29, 0.717) is 31.1 Å². The van der Waals surface area contributed by atoms with Gasteiger partial charge in [-0.1, -0.05) is 0 Å². The van der Waals surface area contributed by atoms with Gasteiger partial charge >= 0.3 is 0 Å². The summed E-state index contributed by atoms with van der Waals surface area (Å²) >= 11 is 0. The van der Waals surface area contributed by atoms with Crippen LogP contribution in [0.3, 0.4) is 0 Å². The van der Waals surface area contributed by atoms with Gasteiger partial charge < -0.3 is 9.68 Å². The van der Waals surface area contributed by atoms with Crippen molar-refractivity contribution in [3.63, 3.8) is 0 Å². The van der Waals surface area contributed by atoms with E-state index < -0.39 is 21.9 Å². The first-order chi connectivity index (χ1) is 9.32. The largest absolute Gasteiger partial charge is 0.310 e. The molecule has 4 fully saturated rings. The highest BCUT2D eigenvalue weighted by Gasteiger charge is 2.61. The average Bonchev–Trinajstić information content (AvgIpc) is 2.23. The van der Waals surface area contributed by atoms with Crippen molar-refractivity contribution in [1.82, 2.24) is 0 Å². The third-order valence-corrected chi connectivity index (χ3v) is 5.43. The van der Waals surface area contributed by atoms with Crippen LogP contribution in [0.1, 0.15) is 45.4 Å².